The van der Waals surface area contributed by atoms with Crippen molar-refractivity contribution in [2.75, 3.05) is 0 Å². The van der Waals surface area contributed by atoms with E-state index in [-0.39, 0.29) is 11.1 Å². The van der Waals surface area contributed by atoms with Gasteiger partial charge in [-0.3, -0.25) is 0 Å². The van der Waals surface area contributed by atoms with Gasteiger partial charge in [0.2, 0.25) is 0 Å². The maximum Gasteiger partial charge on any atom is 0.166 e. The average molecular weight is 262 g/mol. The van der Waals surface area contributed by atoms with E-state index in [1.807, 2.05) is 6.92 Å². The molecule has 0 radical (unpaired) electrons. The van der Waals surface area contributed by atoms with Crippen LogP contribution in [0, 0.1) is 5.82 Å². The maximum absolute atomic E-state index is 14.0. The molecule has 0 atom stereocenters. The van der Waals surface area contributed by atoms with E-state index in [1.165, 1.54) is 24.3 Å². The molecule has 0 aliphatic carbocycles. The largest absolute Gasteiger partial charge is 0.207 e. The highest BCUT2D eigenvalue weighted by molar-refractivity contribution is 5.83. The van der Waals surface area contributed by atoms with Gasteiger partial charge in [-0.1, -0.05) is 31.2 Å². The van der Waals surface area contributed by atoms with Crippen molar-refractivity contribution >= 4 is 11.7 Å². The van der Waals surface area contributed by atoms with E-state index in [1.54, 1.807) is 12.1 Å². The van der Waals surface area contributed by atoms with Crippen molar-refractivity contribution in [3.63, 3.8) is 0 Å². The molecule has 0 aliphatic heterocycles. The van der Waals surface area contributed by atoms with Gasteiger partial charge in [0.05, 0.1) is 0 Å². The van der Waals surface area contributed by atoms with Crippen molar-refractivity contribution < 1.29 is 13.2 Å². The van der Waals surface area contributed by atoms with Gasteiger partial charge in [0.1, 0.15) is 5.82 Å². The van der Waals surface area contributed by atoms with Gasteiger partial charge in [0.25, 0.3) is 0 Å². The topological polar surface area (TPSA) is 0 Å². The van der Waals surface area contributed by atoms with E-state index in [0.29, 0.717) is 0 Å². The summed E-state index contributed by atoms with van der Waals surface area (Å²) in [4.78, 5) is 0. The smallest absolute Gasteiger partial charge is 0.166 e. The lowest BCUT2D eigenvalue weighted by molar-refractivity contribution is 0.627. The molecule has 3 heteroatoms. The molecule has 0 amide bonds. The molecule has 2 rings (SSSR count). The third-order valence-electron chi connectivity index (χ3n) is 2.91. The zero-order chi connectivity index (χ0) is 13.8. The molecule has 0 aliphatic rings. The van der Waals surface area contributed by atoms with E-state index in [9.17, 15) is 13.2 Å². The van der Waals surface area contributed by atoms with Gasteiger partial charge in [-0.2, -0.15) is 0 Å². The lowest BCUT2D eigenvalue weighted by atomic mass is 10.1. The quantitative estimate of drug-likeness (QED) is 0.671. The standard InChI is InChI=1S/C16H13F3/c1-2-11-3-5-12(6-4-11)15(18)16(19)13-7-9-14(17)10-8-13/h3-10H,2H2,1H3/b16-15+. The van der Waals surface area contributed by atoms with Gasteiger partial charge in [-0.25, -0.2) is 13.2 Å². The predicted octanol–water partition coefficient (Wildman–Crippen LogP) is 5.15. The molecule has 0 fully saturated rings. The summed E-state index contributed by atoms with van der Waals surface area (Å²) in [6, 6.07) is 11.2. The first-order valence-corrected chi connectivity index (χ1v) is 6.02. The Morgan fingerprint density at radius 2 is 1.21 bits per heavy atom. The van der Waals surface area contributed by atoms with E-state index in [2.05, 4.69) is 0 Å². The number of rotatable bonds is 3. The number of hydrogen-bond donors (Lipinski definition) is 0. The minimum absolute atomic E-state index is 0.0264. The third-order valence-corrected chi connectivity index (χ3v) is 2.91. The molecule has 0 unspecified atom stereocenters. The zero-order valence-corrected chi connectivity index (χ0v) is 10.5. The predicted molar refractivity (Wildman–Crippen MR) is 71.3 cm³/mol. The summed E-state index contributed by atoms with van der Waals surface area (Å²) in [5, 5.41) is 0. The summed E-state index contributed by atoms with van der Waals surface area (Å²) >= 11 is 0. The van der Waals surface area contributed by atoms with Crippen LogP contribution in [0.15, 0.2) is 48.5 Å². The molecule has 19 heavy (non-hydrogen) atoms. The second-order valence-electron chi connectivity index (χ2n) is 4.19. The van der Waals surface area contributed by atoms with Crippen molar-refractivity contribution in [2.45, 2.75) is 13.3 Å². The minimum atomic E-state index is -0.982. The highest BCUT2D eigenvalue weighted by atomic mass is 19.2. The number of halogens is 3. The van der Waals surface area contributed by atoms with Gasteiger partial charge >= 0.3 is 0 Å². The second kappa shape index (κ2) is 5.74. The molecular weight excluding hydrogens is 249 g/mol. The van der Waals surface area contributed by atoms with Gasteiger partial charge in [0.15, 0.2) is 11.7 Å². The second-order valence-corrected chi connectivity index (χ2v) is 4.19. The molecule has 0 saturated carbocycles. The van der Waals surface area contributed by atoms with Crippen LogP contribution in [0.4, 0.5) is 13.2 Å². The van der Waals surface area contributed by atoms with Crippen LogP contribution in [0.5, 0.6) is 0 Å². The fraction of sp³-hybridized carbons (Fsp3) is 0.125. The summed E-state index contributed by atoms with van der Waals surface area (Å²) in [6.07, 6.45) is 0.839. The van der Waals surface area contributed by atoms with Crippen molar-refractivity contribution in [1.82, 2.24) is 0 Å². The molecule has 2 aromatic rings. The van der Waals surface area contributed by atoms with E-state index >= 15 is 0 Å². The van der Waals surface area contributed by atoms with Gasteiger partial charge in [-0.15, -0.1) is 0 Å². The highest BCUT2D eigenvalue weighted by Gasteiger charge is 2.11. The first-order chi connectivity index (χ1) is 9.11. The molecule has 0 nitrogen and oxygen atoms in total. The Labute approximate surface area is 110 Å². The van der Waals surface area contributed by atoms with Crippen LogP contribution in [-0.2, 0) is 6.42 Å². The van der Waals surface area contributed by atoms with Crippen molar-refractivity contribution in [3.8, 4) is 0 Å². The normalized spacial score (nSPS) is 12.2. The monoisotopic (exact) mass is 262 g/mol. The van der Waals surface area contributed by atoms with Crippen LogP contribution in [0.25, 0.3) is 11.7 Å². The van der Waals surface area contributed by atoms with Crippen LogP contribution in [0.1, 0.15) is 23.6 Å². The van der Waals surface area contributed by atoms with Crippen LogP contribution in [-0.4, -0.2) is 0 Å². The Hall–Kier alpha value is -2.03. The van der Waals surface area contributed by atoms with E-state index in [0.717, 1.165) is 24.1 Å². The molecule has 0 bridgehead atoms. The summed E-state index contributed by atoms with van der Waals surface area (Å²) in [7, 11) is 0. The number of hydrogen-bond acceptors (Lipinski definition) is 0. The van der Waals surface area contributed by atoms with Crippen LogP contribution in [0.2, 0.25) is 0 Å². The SMILES string of the molecule is CCc1ccc(/C(F)=C(\F)c2ccc(F)cc2)cc1. The molecule has 0 heterocycles. The van der Waals surface area contributed by atoms with Crippen molar-refractivity contribution in [2.24, 2.45) is 0 Å². The van der Waals surface area contributed by atoms with Gasteiger partial charge in [-0.05, 0) is 36.2 Å². The van der Waals surface area contributed by atoms with E-state index < -0.39 is 17.5 Å². The Balaban J connectivity index is 2.36. The van der Waals surface area contributed by atoms with Crippen molar-refractivity contribution in [1.29, 1.82) is 0 Å². The average Bonchev–Trinajstić information content (AvgIpc) is 2.46. The molecule has 0 aromatic heterocycles. The van der Waals surface area contributed by atoms with Crippen molar-refractivity contribution in [3.05, 3.63) is 71.0 Å². The lowest BCUT2D eigenvalue weighted by Crippen LogP contribution is -1.86. The van der Waals surface area contributed by atoms with Crippen LogP contribution >= 0.6 is 0 Å². The zero-order valence-electron chi connectivity index (χ0n) is 10.5. The fourth-order valence-electron chi connectivity index (χ4n) is 1.74. The molecule has 2 aromatic carbocycles. The van der Waals surface area contributed by atoms with Crippen LogP contribution < -0.4 is 0 Å². The Bertz CT molecular complexity index is 580. The first-order valence-electron chi connectivity index (χ1n) is 6.02. The summed E-state index contributed by atoms with van der Waals surface area (Å²) < 4.78 is 40.6. The molecule has 98 valence electrons. The molecular formula is C16H13F3. The molecule has 0 N–H and O–H groups in total. The summed E-state index contributed by atoms with van der Waals surface area (Å²) in [6.45, 7) is 1.99. The number of benzene rings is 2. The highest BCUT2D eigenvalue weighted by Crippen LogP contribution is 2.28. The Morgan fingerprint density at radius 3 is 1.63 bits per heavy atom. The molecule has 0 saturated heterocycles. The molecule has 0 spiro atoms. The summed E-state index contributed by atoms with van der Waals surface area (Å²) in [5.74, 6) is -2.40. The Morgan fingerprint density at radius 1 is 0.789 bits per heavy atom. The third kappa shape index (κ3) is 3.05. The van der Waals surface area contributed by atoms with Crippen LogP contribution in [0.3, 0.4) is 0 Å². The fourth-order valence-corrected chi connectivity index (χ4v) is 1.74. The lowest BCUT2D eigenvalue weighted by Gasteiger charge is -2.03. The summed E-state index contributed by atoms with van der Waals surface area (Å²) in [5.41, 5.74) is 1.26. The first kappa shape index (κ1) is 13.4. The van der Waals surface area contributed by atoms with E-state index in [4.69, 9.17) is 0 Å². The van der Waals surface area contributed by atoms with Gasteiger partial charge in [0, 0.05) is 11.1 Å². The maximum atomic E-state index is 14.0. The number of aryl methyl sites for hydroxylation is 1. The minimum Gasteiger partial charge on any atom is -0.207 e. The van der Waals surface area contributed by atoms with Gasteiger partial charge < -0.3 is 0 Å². The Kier molecular flexibility index (Phi) is 4.05.